The monoisotopic (exact) mass is 357 g/mol. The zero-order valence-electron chi connectivity index (χ0n) is 16.5. The highest BCUT2D eigenvalue weighted by atomic mass is 15.3. The van der Waals surface area contributed by atoms with E-state index >= 15 is 0 Å². The van der Waals surface area contributed by atoms with Gasteiger partial charge in [-0.1, -0.05) is 25.1 Å². The molecule has 1 aromatic rings. The number of nitrogens with zero attached hydrogens (tertiary/aromatic N) is 4. The number of piperidine rings is 1. The van der Waals surface area contributed by atoms with Crippen molar-refractivity contribution in [2.75, 3.05) is 64.3 Å². The molecule has 2 saturated heterocycles. The predicted octanol–water partition coefficient (Wildman–Crippen LogP) is 2.51. The van der Waals surface area contributed by atoms with Gasteiger partial charge in [0.25, 0.3) is 0 Å². The van der Waals surface area contributed by atoms with Crippen molar-refractivity contribution in [2.45, 2.75) is 26.2 Å². The van der Waals surface area contributed by atoms with Crippen LogP contribution in [0.1, 0.15) is 26.2 Å². The SMILES string of the molecule is CN=C(NCCCN1CCN(c2ccccc2)CC1)N1CCC(C)CC1. The molecule has 1 aromatic carbocycles. The van der Waals surface area contributed by atoms with Crippen LogP contribution in [0, 0.1) is 5.92 Å². The average molecular weight is 358 g/mol. The molecule has 0 saturated carbocycles. The number of guanidine groups is 1. The first-order valence-corrected chi connectivity index (χ1v) is 10.2. The van der Waals surface area contributed by atoms with Crippen LogP contribution in [0.2, 0.25) is 0 Å². The maximum Gasteiger partial charge on any atom is 0.193 e. The predicted molar refractivity (Wildman–Crippen MR) is 111 cm³/mol. The minimum atomic E-state index is 0.860. The van der Waals surface area contributed by atoms with Crippen molar-refractivity contribution in [3.63, 3.8) is 0 Å². The largest absolute Gasteiger partial charge is 0.369 e. The summed E-state index contributed by atoms with van der Waals surface area (Å²) >= 11 is 0. The van der Waals surface area contributed by atoms with E-state index in [1.165, 1.54) is 31.5 Å². The van der Waals surface area contributed by atoms with Crippen molar-refractivity contribution >= 4 is 11.6 Å². The van der Waals surface area contributed by atoms with E-state index in [4.69, 9.17) is 0 Å². The fraction of sp³-hybridized carbons (Fsp3) is 0.667. The Hall–Kier alpha value is -1.75. The molecular formula is C21H35N5. The number of hydrogen-bond donors (Lipinski definition) is 1. The summed E-state index contributed by atoms with van der Waals surface area (Å²) < 4.78 is 0. The molecule has 2 aliphatic heterocycles. The summed E-state index contributed by atoms with van der Waals surface area (Å²) in [6, 6.07) is 10.8. The minimum Gasteiger partial charge on any atom is -0.369 e. The average Bonchev–Trinajstić information content (AvgIpc) is 2.70. The van der Waals surface area contributed by atoms with E-state index in [1.54, 1.807) is 0 Å². The van der Waals surface area contributed by atoms with Gasteiger partial charge in [0, 0.05) is 58.5 Å². The first kappa shape index (κ1) is 19.0. The first-order chi connectivity index (χ1) is 12.8. The van der Waals surface area contributed by atoms with Crippen LogP contribution < -0.4 is 10.2 Å². The molecule has 2 heterocycles. The molecule has 26 heavy (non-hydrogen) atoms. The molecular weight excluding hydrogens is 322 g/mol. The van der Waals surface area contributed by atoms with Crippen molar-refractivity contribution in [1.82, 2.24) is 15.1 Å². The van der Waals surface area contributed by atoms with Gasteiger partial charge < -0.3 is 15.1 Å². The van der Waals surface area contributed by atoms with E-state index < -0.39 is 0 Å². The van der Waals surface area contributed by atoms with Crippen molar-refractivity contribution in [2.24, 2.45) is 10.9 Å². The van der Waals surface area contributed by atoms with Crippen LogP contribution in [-0.2, 0) is 0 Å². The Morgan fingerprint density at radius 3 is 2.38 bits per heavy atom. The third-order valence-electron chi connectivity index (χ3n) is 5.72. The zero-order valence-corrected chi connectivity index (χ0v) is 16.5. The molecule has 3 rings (SSSR count). The van der Waals surface area contributed by atoms with Crippen molar-refractivity contribution in [3.05, 3.63) is 30.3 Å². The number of para-hydroxylation sites is 1. The second-order valence-electron chi connectivity index (χ2n) is 7.66. The minimum absolute atomic E-state index is 0.860. The number of likely N-dealkylation sites (tertiary alicyclic amines) is 1. The van der Waals surface area contributed by atoms with Gasteiger partial charge in [0.15, 0.2) is 5.96 Å². The number of aliphatic imine (C=N–C) groups is 1. The fourth-order valence-corrected chi connectivity index (χ4v) is 3.92. The van der Waals surface area contributed by atoms with E-state index in [0.29, 0.717) is 0 Å². The van der Waals surface area contributed by atoms with E-state index in [1.807, 2.05) is 7.05 Å². The number of benzene rings is 1. The molecule has 144 valence electrons. The van der Waals surface area contributed by atoms with Crippen LogP contribution in [-0.4, -0.2) is 75.2 Å². The molecule has 0 spiro atoms. The summed E-state index contributed by atoms with van der Waals surface area (Å²) in [4.78, 5) is 12.0. The normalized spacial score (nSPS) is 20.5. The molecule has 0 unspecified atom stereocenters. The summed E-state index contributed by atoms with van der Waals surface area (Å²) in [6.07, 6.45) is 3.74. The van der Waals surface area contributed by atoms with Gasteiger partial charge >= 0.3 is 0 Å². The van der Waals surface area contributed by atoms with Crippen LogP contribution in [0.3, 0.4) is 0 Å². The topological polar surface area (TPSA) is 34.1 Å². The molecule has 0 bridgehead atoms. The van der Waals surface area contributed by atoms with Gasteiger partial charge in [-0.25, -0.2) is 0 Å². The molecule has 0 aromatic heterocycles. The second-order valence-corrected chi connectivity index (χ2v) is 7.66. The molecule has 0 radical (unpaired) electrons. The Bertz CT molecular complexity index is 543. The van der Waals surface area contributed by atoms with E-state index in [2.05, 4.69) is 62.3 Å². The van der Waals surface area contributed by atoms with Gasteiger partial charge in [-0.15, -0.1) is 0 Å². The fourth-order valence-electron chi connectivity index (χ4n) is 3.92. The second kappa shape index (κ2) is 9.81. The molecule has 2 fully saturated rings. The number of nitrogens with one attached hydrogen (secondary N) is 1. The van der Waals surface area contributed by atoms with Gasteiger partial charge in [-0.2, -0.15) is 0 Å². The van der Waals surface area contributed by atoms with Crippen LogP contribution in [0.15, 0.2) is 35.3 Å². The molecule has 0 aliphatic carbocycles. The maximum atomic E-state index is 4.48. The summed E-state index contributed by atoms with van der Waals surface area (Å²) in [6.45, 7) is 11.4. The summed E-state index contributed by atoms with van der Waals surface area (Å²) in [5.74, 6) is 1.95. The summed E-state index contributed by atoms with van der Waals surface area (Å²) in [5, 5.41) is 3.57. The lowest BCUT2D eigenvalue weighted by atomic mass is 10.00. The summed E-state index contributed by atoms with van der Waals surface area (Å²) in [5.41, 5.74) is 1.36. The quantitative estimate of drug-likeness (QED) is 0.499. The third-order valence-corrected chi connectivity index (χ3v) is 5.72. The smallest absolute Gasteiger partial charge is 0.193 e. The zero-order chi connectivity index (χ0) is 18.2. The molecule has 1 N–H and O–H groups in total. The van der Waals surface area contributed by atoms with Crippen LogP contribution >= 0.6 is 0 Å². The highest BCUT2D eigenvalue weighted by Gasteiger charge is 2.19. The lowest BCUT2D eigenvalue weighted by Gasteiger charge is -2.36. The van der Waals surface area contributed by atoms with E-state index in [-0.39, 0.29) is 0 Å². The maximum absolute atomic E-state index is 4.48. The van der Waals surface area contributed by atoms with Crippen molar-refractivity contribution in [1.29, 1.82) is 0 Å². The van der Waals surface area contributed by atoms with Gasteiger partial charge in [0.2, 0.25) is 0 Å². The highest BCUT2D eigenvalue weighted by Crippen LogP contribution is 2.16. The van der Waals surface area contributed by atoms with E-state index in [9.17, 15) is 0 Å². The third kappa shape index (κ3) is 5.37. The van der Waals surface area contributed by atoms with Gasteiger partial charge in [0.05, 0.1) is 0 Å². The lowest BCUT2D eigenvalue weighted by Crippen LogP contribution is -2.48. The van der Waals surface area contributed by atoms with Gasteiger partial charge in [0.1, 0.15) is 0 Å². The van der Waals surface area contributed by atoms with Crippen LogP contribution in [0.5, 0.6) is 0 Å². The summed E-state index contributed by atoms with van der Waals surface area (Å²) in [7, 11) is 1.91. The number of piperazine rings is 1. The number of rotatable bonds is 5. The lowest BCUT2D eigenvalue weighted by molar-refractivity contribution is 0.252. The van der Waals surface area contributed by atoms with Gasteiger partial charge in [-0.05, 0) is 43.9 Å². The van der Waals surface area contributed by atoms with Crippen LogP contribution in [0.25, 0.3) is 0 Å². The van der Waals surface area contributed by atoms with E-state index in [0.717, 1.165) is 57.7 Å². The Labute approximate surface area is 159 Å². The molecule has 2 aliphatic rings. The molecule has 0 amide bonds. The van der Waals surface area contributed by atoms with Gasteiger partial charge in [-0.3, -0.25) is 9.89 Å². The standard InChI is InChI=1S/C21H35N5/c1-19-9-13-26(14-10-19)21(22-2)23-11-6-12-24-15-17-25(18-16-24)20-7-4-3-5-8-20/h3-5,7-8,19H,6,9-18H2,1-2H3,(H,22,23). The Kier molecular flexibility index (Phi) is 7.18. The van der Waals surface area contributed by atoms with Crippen molar-refractivity contribution < 1.29 is 0 Å². The highest BCUT2D eigenvalue weighted by molar-refractivity contribution is 5.79. The van der Waals surface area contributed by atoms with Crippen LogP contribution in [0.4, 0.5) is 5.69 Å². The van der Waals surface area contributed by atoms with Crippen molar-refractivity contribution in [3.8, 4) is 0 Å². The number of hydrogen-bond acceptors (Lipinski definition) is 3. The Morgan fingerprint density at radius 2 is 1.73 bits per heavy atom. The number of anilines is 1. The molecule has 5 heteroatoms. The molecule has 5 nitrogen and oxygen atoms in total. The Morgan fingerprint density at radius 1 is 1.04 bits per heavy atom. The molecule has 0 atom stereocenters. The first-order valence-electron chi connectivity index (χ1n) is 10.2. The Balaban J connectivity index is 1.32.